The van der Waals surface area contributed by atoms with Crippen LogP contribution in [0.25, 0.3) is 0 Å². The fraction of sp³-hybridized carbons (Fsp3) is 0.500. The van der Waals surface area contributed by atoms with Gasteiger partial charge in [-0.25, -0.2) is 14.4 Å². The normalized spacial score (nSPS) is 12.4. The Morgan fingerprint density at radius 2 is 2.31 bits per heavy atom. The third kappa shape index (κ3) is 3.16. The number of aromatic nitrogens is 2. The monoisotopic (exact) mass is 244 g/mol. The van der Waals surface area contributed by atoms with Gasteiger partial charge in [0, 0.05) is 5.75 Å². The Bertz CT molecular complexity index is 387. The number of aryl methyl sites for hydroxylation is 1. The summed E-state index contributed by atoms with van der Waals surface area (Å²) in [6.45, 7) is 3.38. The zero-order valence-electron chi connectivity index (χ0n) is 9.11. The van der Waals surface area contributed by atoms with Gasteiger partial charge in [0.2, 0.25) is 0 Å². The van der Waals surface area contributed by atoms with Crippen LogP contribution in [0.5, 0.6) is 0 Å². The number of rotatable bonds is 5. The van der Waals surface area contributed by atoms with Gasteiger partial charge in [-0.05, 0) is 6.42 Å². The quantitative estimate of drug-likeness (QED) is 0.634. The number of hydrogen-bond acceptors (Lipinski definition) is 4. The van der Waals surface area contributed by atoms with Crippen LogP contribution in [0.15, 0.2) is 11.4 Å². The number of halogens is 1. The van der Waals surface area contributed by atoms with Crippen LogP contribution in [-0.2, 0) is 11.2 Å². The molecule has 1 aromatic rings. The van der Waals surface area contributed by atoms with E-state index in [0.29, 0.717) is 17.9 Å². The van der Waals surface area contributed by atoms with Crippen LogP contribution in [0.2, 0.25) is 0 Å². The summed E-state index contributed by atoms with van der Waals surface area (Å²) in [7, 11) is 0. The average molecular weight is 244 g/mol. The van der Waals surface area contributed by atoms with Crippen molar-refractivity contribution in [3.05, 3.63) is 17.8 Å². The highest BCUT2D eigenvalue weighted by Crippen LogP contribution is 2.22. The first-order chi connectivity index (χ1) is 7.56. The van der Waals surface area contributed by atoms with Gasteiger partial charge in [-0.1, -0.05) is 13.8 Å². The van der Waals surface area contributed by atoms with Gasteiger partial charge in [-0.2, -0.15) is 0 Å². The van der Waals surface area contributed by atoms with Crippen molar-refractivity contribution < 1.29 is 14.3 Å². The number of nitrogens with zero attached hydrogens (tertiary/aromatic N) is 2. The second-order valence-electron chi connectivity index (χ2n) is 3.34. The first kappa shape index (κ1) is 12.9. The van der Waals surface area contributed by atoms with E-state index in [9.17, 15) is 9.18 Å². The van der Waals surface area contributed by atoms with E-state index >= 15 is 0 Å². The fourth-order valence-electron chi connectivity index (χ4n) is 1.01. The van der Waals surface area contributed by atoms with Crippen molar-refractivity contribution in [1.29, 1.82) is 0 Å². The zero-order valence-corrected chi connectivity index (χ0v) is 9.92. The Labute approximate surface area is 97.3 Å². The molecule has 0 aliphatic carbocycles. The minimum Gasteiger partial charge on any atom is -0.481 e. The molecule has 1 rings (SSSR count). The number of carboxylic acid groups (broad SMARTS) is 1. The molecule has 0 spiro atoms. The molecular formula is C10H13FN2O2S. The summed E-state index contributed by atoms with van der Waals surface area (Å²) in [4.78, 5) is 18.2. The number of thioether (sulfide) groups is 1. The second-order valence-corrected chi connectivity index (χ2v) is 4.35. The zero-order chi connectivity index (χ0) is 12.1. The topological polar surface area (TPSA) is 63.1 Å². The maximum Gasteiger partial charge on any atom is 0.307 e. The molecule has 0 saturated heterocycles. The molecule has 1 heterocycles. The molecule has 1 unspecified atom stereocenters. The summed E-state index contributed by atoms with van der Waals surface area (Å²) < 4.78 is 13.6. The van der Waals surface area contributed by atoms with E-state index in [2.05, 4.69) is 9.97 Å². The van der Waals surface area contributed by atoms with Crippen LogP contribution < -0.4 is 0 Å². The number of aliphatic carboxylic acids is 1. The molecule has 0 aliphatic rings. The van der Waals surface area contributed by atoms with Crippen molar-refractivity contribution in [2.24, 2.45) is 5.92 Å². The smallest absolute Gasteiger partial charge is 0.307 e. The van der Waals surface area contributed by atoms with E-state index < -0.39 is 17.7 Å². The molecule has 1 atom stereocenters. The average Bonchev–Trinajstić information content (AvgIpc) is 2.27. The fourth-order valence-corrected chi connectivity index (χ4v) is 1.93. The molecule has 4 nitrogen and oxygen atoms in total. The maximum atomic E-state index is 13.6. The highest BCUT2D eigenvalue weighted by atomic mass is 32.2. The van der Waals surface area contributed by atoms with E-state index in [4.69, 9.17) is 5.11 Å². The Hall–Kier alpha value is -1.17. The highest BCUT2D eigenvalue weighted by Gasteiger charge is 2.15. The summed E-state index contributed by atoms with van der Waals surface area (Å²) in [5, 5.41) is 8.91. The van der Waals surface area contributed by atoms with Crippen LogP contribution in [0, 0.1) is 11.7 Å². The summed E-state index contributed by atoms with van der Waals surface area (Å²) in [5.74, 6) is -1.55. The summed E-state index contributed by atoms with van der Waals surface area (Å²) in [5.41, 5.74) is 0.362. The van der Waals surface area contributed by atoms with Crippen LogP contribution >= 0.6 is 11.8 Å². The Morgan fingerprint density at radius 3 is 2.88 bits per heavy atom. The van der Waals surface area contributed by atoms with Crippen molar-refractivity contribution >= 4 is 17.7 Å². The molecule has 88 valence electrons. The first-order valence-corrected chi connectivity index (χ1v) is 5.89. The second kappa shape index (κ2) is 5.79. The van der Waals surface area contributed by atoms with Gasteiger partial charge >= 0.3 is 5.97 Å². The van der Waals surface area contributed by atoms with Gasteiger partial charge < -0.3 is 5.11 Å². The van der Waals surface area contributed by atoms with Crippen molar-refractivity contribution in [2.45, 2.75) is 25.3 Å². The molecular weight excluding hydrogens is 231 g/mol. The predicted molar refractivity (Wildman–Crippen MR) is 58.9 cm³/mol. The first-order valence-electron chi connectivity index (χ1n) is 4.91. The van der Waals surface area contributed by atoms with Crippen molar-refractivity contribution in [2.75, 3.05) is 5.75 Å². The lowest BCUT2D eigenvalue weighted by Crippen LogP contribution is -2.12. The maximum absolute atomic E-state index is 13.6. The van der Waals surface area contributed by atoms with Crippen molar-refractivity contribution in [1.82, 2.24) is 9.97 Å². The van der Waals surface area contributed by atoms with Crippen LogP contribution in [0.3, 0.4) is 0 Å². The van der Waals surface area contributed by atoms with E-state index in [-0.39, 0.29) is 5.03 Å². The van der Waals surface area contributed by atoms with E-state index in [0.717, 1.165) is 11.8 Å². The van der Waals surface area contributed by atoms with Crippen molar-refractivity contribution in [3.63, 3.8) is 0 Å². The van der Waals surface area contributed by atoms with Gasteiger partial charge in [0.15, 0.2) is 5.82 Å². The Kier molecular flexibility index (Phi) is 4.67. The summed E-state index contributed by atoms with van der Waals surface area (Å²) in [6, 6.07) is 0. The van der Waals surface area contributed by atoms with Gasteiger partial charge in [0.25, 0.3) is 0 Å². The molecule has 0 bridgehead atoms. The molecule has 1 aromatic heterocycles. The molecule has 0 radical (unpaired) electrons. The van der Waals surface area contributed by atoms with Gasteiger partial charge in [0.05, 0.1) is 11.6 Å². The summed E-state index contributed by atoms with van der Waals surface area (Å²) >= 11 is 1.11. The van der Waals surface area contributed by atoms with E-state index in [1.54, 1.807) is 13.8 Å². The van der Waals surface area contributed by atoms with Gasteiger partial charge in [0.1, 0.15) is 11.4 Å². The van der Waals surface area contributed by atoms with E-state index in [1.807, 2.05) is 0 Å². The van der Waals surface area contributed by atoms with Crippen molar-refractivity contribution in [3.8, 4) is 0 Å². The largest absolute Gasteiger partial charge is 0.481 e. The molecule has 0 aromatic carbocycles. The van der Waals surface area contributed by atoms with Gasteiger partial charge in [-0.3, -0.25) is 4.79 Å². The number of carboxylic acids is 1. The van der Waals surface area contributed by atoms with Crippen LogP contribution in [0.1, 0.15) is 19.5 Å². The van der Waals surface area contributed by atoms with E-state index in [1.165, 1.54) is 6.33 Å². The lowest BCUT2D eigenvalue weighted by atomic mass is 10.2. The number of hydrogen-bond donors (Lipinski definition) is 1. The molecule has 0 fully saturated rings. The minimum atomic E-state index is -0.891. The SMILES string of the molecule is CCc1ncnc(SCC(C)C(=O)O)c1F. The lowest BCUT2D eigenvalue weighted by molar-refractivity contribution is -0.140. The summed E-state index contributed by atoms with van der Waals surface area (Å²) in [6.07, 6.45) is 1.80. The van der Waals surface area contributed by atoms with Crippen LogP contribution in [0.4, 0.5) is 4.39 Å². The third-order valence-corrected chi connectivity index (χ3v) is 3.28. The van der Waals surface area contributed by atoms with Crippen LogP contribution in [-0.4, -0.2) is 26.8 Å². The molecule has 0 amide bonds. The Morgan fingerprint density at radius 1 is 1.62 bits per heavy atom. The molecule has 16 heavy (non-hydrogen) atoms. The molecule has 1 N–H and O–H groups in total. The molecule has 0 aliphatic heterocycles. The number of carbonyl (C=O) groups is 1. The third-order valence-electron chi connectivity index (χ3n) is 2.06. The van der Waals surface area contributed by atoms with Gasteiger partial charge in [-0.15, -0.1) is 11.8 Å². The highest BCUT2D eigenvalue weighted by molar-refractivity contribution is 7.99. The molecule has 6 heteroatoms. The standard InChI is InChI=1S/C10H13FN2O2S/c1-3-7-8(11)9(13-5-12-7)16-4-6(2)10(14)15/h5-6H,3-4H2,1-2H3,(H,14,15). The lowest BCUT2D eigenvalue weighted by Gasteiger charge is -2.07. The molecule has 0 saturated carbocycles. The minimum absolute atomic E-state index is 0.222. The Balaban J connectivity index is 2.71. The predicted octanol–water partition coefficient (Wildman–Crippen LogP) is 1.99.